The molecule has 0 saturated carbocycles. The van der Waals surface area contributed by atoms with Crippen LogP contribution in [0.1, 0.15) is 194 Å². The van der Waals surface area contributed by atoms with Crippen molar-refractivity contribution in [3.05, 3.63) is 12.2 Å². The molecule has 3 atom stereocenters. The third-order valence-electron chi connectivity index (χ3n) is 8.92. The van der Waals surface area contributed by atoms with Crippen molar-refractivity contribution in [1.82, 2.24) is 0 Å². The second-order valence-corrected chi connectivity index (χ2v) is 15.5. The summed E-state index contributed by atoms with van der Waals surface area (Å²) in [6, 6.07) is 0. The van der Waals surface area contributed by atoms with Gasteiger partial charge in [0.2, 0.25) is 0 Å². The summed E-state index contributed by atoms with van der Waals surface area (Å²) in [6.45, 7) is 2.37. The Labute approximate surface area is 311 Å². The first-order valence-electron chi connectivity index (χ1n) is 20.6. The van der Waals surface area contributed by atoms with Gasteiger partial charge in [-0.3, -0.25) is 18.6 Å². The fourth-order valence-electron chi connectivity index (χ4n) is 5.69. The van der Waals surface area contributed by atoms with Crippen LogP contribution in [-0.2, 0) is 32.7 Å². The van der Waals surface area contributed by atoms with Crippen LogP contribution in [-0.4, -0.2) is 65.7 Å². The van der Waals surface area contributed by atoms with E-state index in [1.54, 1.807) is 0 Å². The zero-order chi connectivity index (χ0) is 37.7. The Morgan fingerprint density at radius 1 is 0.569 bits per heavy atom. The highest BCUT2D eigenvalue weighted by atomic mass is 31.2. The quantitative estimate of drug-likeness (QED) is 0.0240. The van der Waals surface area contributed by atoms with E-state index in [1.807, 2.05) is 0 Å². The molecule has 10 nitrogen and oxygen atoms in total. The minimum atomic E-state index is -4.61. The van der Waals surface area contributed by atoms with Crippen LogP contribution in [0.15, 0.2) is 12.2 Å². The Morgan fingerprint density at radius 2 is 0.961 bits per heavy atom. The third kappa shape index (κ3) is 36.8. The summed E-state index contributed by atoms with van der Waals surface area (Å²) in [6.07, 6.45) is 33.2. The fourth-order valence-corrected chi connectivity index (χ4v) is 6.48. The summed E-state index contributed by atoms with van der Waals surface area (Å²) in [4.78, 5) is 34.9. The van der Waals surface area contributed by atoms with Crippen LogP contribution in [0.25, 0.3) is 0 Å². The number of carbonyl (C=O) groups is 2. The third-order valence-corrected chi connectivity index (χ3v) is 9.87. The molecule has 0 aromatic rings. The van der Waals surface area contributed by atoms with Crippen molar-refractivity contribution in [1.29, 1.82) is 0 Å². The van der Waals surface area contributed by atoms with E-state index in [9.17, 15) is 24.2 Å². The summed E-state index contributed by atoms with van der Waals surface area (Å²) >= 11 is 0. The maximum atomic E-state index is 12.6. The molecule has 0 aromatic carbocycles. The van der Waals surface area contributed by atoms with E-state index in [0.717, 1.165) is 51.4 Å². The van der Waals surface area contributed by atoms with Crippen LogP contribution >= 0.6 is 7.82 Å². The number of phosphoric acid groups is 1. The minimum absolute atomic E-state index is 0.188. The molecule has 0 aliphatic heterocycles. The standard InChI is InChI=1S/C40H77O10P/c1-3-5-7-9-11-13-15-17-18-20-21-23-25-27-29-31-39(43)47-35-38(36-49-51(45,46)48-34-37(42)33-41)50-40(44)32-30-28-26-24-22-19-16-14-12-10-8-6-4-2/h17-18,37-38,41-42H,3-16,19-36H2,1-2H3,(H,45,46)/b18-17+/t37?,38-/m1/s1. The predicted molar refractivity (Wildman–Crippen MR) is 205 cm³/mol. The molecule has 0 aromatic heterocycles. The molecule has 0 rings (SSSR count). The summed E-state index contributed by atoms with van der Waals surface area (Å²) in [5.41, 5.74) is 0. The maximum Gasteiger partial charge on any atom is 0.472 e. The zero-order valence-electron chi connectivity index (χ0n) is 32.6. The van der Waals surface area contributed by atoms with Gasteiger partial charge < -0.3 is 24.6 Å². The van der Waals surface area contributed by atoms with Crippen molar-refractivity contribution in [2.45, 2.75) is 206 Å². The molecule has 11 heteroatoms. The number of hydrogen-bond donors (Lipinski definition) is 3. The highest BCUT2D eigenvalue weighted by Gasteiger charge is 2.27. The number of ether oxygens (including phenoxy) is 2. The molecule has 0 bridgehead atoms. The summed E-state index contributed by atoms with van der Waals surface area (Å²) in [5, 5.41) is 18.3. The van der Waals surface area contributed by atoms with Gasteiger partial charge in [0.05, 0.1) is 19.8 Å². The van der Waals surface area contributed by atoms with Crippen molar-refractivity contribution in [3.63, 3.8) is 0 Å². The molecule has 0 saturated heterocycles. The maximum absolute atomic E-state index is 12.6. The van der Waals surface area contributed by atoms with Crippen molar-refractivity contribution in [2.24, 2.45) is 0 Å². The Morgan fingerprint density at radius 3 is 1.41 bits per heavy atom. The zero-order valence-corrected chi connectivity index (χ0v) is 33.5. The number of allylic oxidation sites excluding steroid dienone is 2. The number of hydrogen-bond acceptors (Lipinski definition) is 9. The van der Waals surface area contributed by atoms with Crippen molar-refractivity contribution in [3.8, 4) is 0 Å². The predicted octanol–water partition coefficient (Wildman–Crippen LogP) is 10.4. The topological polar surface area (TPSA) is 149 Å². The van der Waals surface area contributed by atoms with Gasteiger partial charge in [0.1, 0.15) is 12.7 Å². The van der Waals surface area contributed by atoms with Crippen LogP contribution < -0.4 is 0 Å². The normalized spacial score (nSPS) is 14.1. The molecule has 0 amide bonds. The number of aliphatic hydroxyl groups is 2. The lowest BCUT2D eigenvalue weighted by atomic mass is 10.0. The highest BCUT2D eigenvalue weighted by Crippen LogP contribution is 2.43. The van der Waals surface area contributed by atoms with Crippen LogP contribution in [0, 0.1) is 0 Å². The lowest BCUT2D eigenvalue weighted by molar-refractivity contribution is -0.161. The Bertz CT molecular complexity index is 868. The number of esters is 2. The first-order chi connectivity index (χ1) is 24.7. The second-order valence-electron chi connectivity index (χ2n) is 14.0. The van der Waals surface area contributed by atoms with Crippen LogP contribution in [0.3, 0.4) is 0 Å². The molecule has 0 radical (unpaired) electrons. The number of carbonyl (C=O) groups excluding carboxylic acids is 2. The second kappa shape index (κ2) is 37.0. The average molecular weight is 749 g/mol. The van der Waals surface area contributed by atoms with E-state index in [4.69, 9.17) is 19.1 Å². The lowest BCUT2D eigenvalue weighted by Gasteiger charge is -2.20. The molecule has 0 aliphatic rings. The smallest absolute Gasteiger partial charge is 0.462 e. The molecule has 2 unspecified atom stereocenters. The molecular weight excluding hydrogens is 671 g/mol. The Kier molecular flexibility index (Phi) is 36.1. The van der Waals surface area contributed by atoms with E-state index >= 15 is 0 Å². The van der Waals surface area contributed by atoms with Gasteiger partial charge in [-0.1, -0.05) is 154 Å². The van der Waals surface area contributed by atoms with E-state index in [2.05, 4.69) is 30.5 Å². The molecular formula is C40H77O10P. The van der Waals surface area contributed by atoms with Gasteiger partial charge in [-0.2, -0.15) is 0 Å². The highest BCUT2D eigenvalue weighted by molar-refractivity contribution is 7.47. The minimum Gasteiger partial charge on any atom is -0.462 e. The number of rotatable bonds is 39. The SMILES string of the molecule is CCCCCCCC/C=C/CCCCCCCC(=O)OC[C@H](COP(=O)(O)OCC(O)CO)OC(=O)CCCCCCCCCCCCCCC. The van der Waals surface area contributed by atoms with E-state index < -0.39 is 51.8 Å². The van der Waals surface area contributed by atoms with Crippen molar-refractivity contribution in [2.75, 3.05) is 26.4 Å². The van der Waals surface area contributed by atoms with Crippen LogP contribution in [0.4, 0.5) is 0 Å². The largest absolute Gasteiger partial charge is 0.472 e. The van der Waals surface area contributed by atoms with Crippen LogP contribution in [0.2, 0.25) is 0 Å². The molecule has 0 heterocycles. The fraction of sp³-hybridized carbons (Fsp3) is 0.900. The molecule has 302 valence electrons. The van der Waals surface area contributed by atoms with Crippen molar-refractivity contribution >= 4 is 19.8 Å². The first-order valence-corrected chi connectivity index (χ1v) is 22.1. The monoisotopic (exact) mass is 749 g/mol. The van der Waals surface area contributed by atoms with Gasteiger partial charge in [0.15, 0.2) is 6.10 Å². The molecule has 3 N–H and O–H groups in total. The summed E-state index contributed by atoms with van der Waals surface area (Å²) < 4.78 is 32.6. The number of phosphoric ester groups is 1. The number of aliphatic hydroxyl groups excluding tert-OH is 2. The van der Waals surface area contributed by atoms with E-state index in [0.29, 0.717) is 12.8 Å². The molecule has 0 aliphatic carbocycles. The van der Waals surface area contributed by atoms with Crippen LogP contribution in [0.5, 0.6) is 0 Å². The van der Waals surface area contributed by atoms with Gasteiger partial charge in [-0.05, 0) is 38.5 Å². The van der Waals surface area contributed by atoms with E-state index in [-0.39, 0.29) is 19.4 Å². The molecule has 0 fully saturated rings. The van der Waals surface area contributed by atoms with Gasteiger partial charge >= 0.3 is 19.8 Å². The first kappa shape index (κ1) is 49.7. The van der Waals surface area contributed by atoms with Gasteiger partial charge in [0.25, 0.3) is 0 Å². The Balaban J connectivity index is 4.31. The average Bonchev–Trinajstić information content (AvgIpc) is 3.12. The van der Waals surface area contributed by atoms with Crippen molar-refractivity contribution < 1.29 is 47.8 Å². The summed E-state index contributed by atoms with van der Waals surface area (Å²) in [5.74, 6) is -0.927. The molecule has 0 spiro atoms. The Hall–Kier alpha value is -1.29. The lowest BCUT2D eigenvalue weighted by Crippen LogP contribution is -2.29. The van der Waals surface area contributed by atoms with E-state index in [1.165, 1.54) is 103 Å². The van der Waals surface area contributed by atoms with Gasteiger partial charge in [-0.15, -0.1) is 0 Å². The van der Waals surface area contributed by atoms with Gasteiger partial charge in [-0.25, -0.2) is 4.57 Å². The number of unbranched alkanes of at least 4 members (excludes halogenated alkanes) is 23. The summed E-state index contributed by atoms with van der Waals surface area (Å²) in [7, 11) is -4.61. The molecule has 51 heavy (non-hydrogen) atoms. The van der Waals surface area contributed by atoms with Gasteiger partial charge in [0, 0.05) is 12.8 Å².